The lowest BCUT2D eigenvalue weighted by atomic mass is 10.1. The number of hydrogen-bond acceptors (Lipinski definition) is 7. The van der Waals surface area contributed by atoms with E-state index in [1.807, 2.05) is 13.0 Å². The Labute approximate surface area is 198 Å². The van der Waals surface area contributed by atoms with Crippen LogP contribution in [0.15, 0.2) is 57.1 Å². The Morgan fingerprint density at radius 2 is 2.00 bits per heavy atom. The molecule has 178 valence electrons. The quantitative estimate of drug-likeness (QED) is 0.584. The maximum Gasteiger partial charge on any atom is 0.259 e. The number of rotatable bonds is 7. The third-order valence-electron chi connectivity index (χ3n) is 5.63. The van der Waals surface area contributed by atoms with Crippen LogP contribution in [0.2, 0.25) is 0 Å². The molecule has 2 aromatic carbocycles. The number of nitrogens with zero attached hydrogens (tertiary/aromatic N) is 2. The number of nitrogens with one attached hydrogen (secondary N) is 1. The number of aryl methyl sites for hydroxylation is 2. The van der Waals surface area contributed by atoms with Gasteiger partial charge in [0, 0.05) is 18.7 Å². The van der Waals surface area contributed by atoms with Crippen LogP contribution >= 0.6 is 0 Å². The number of hydrazone groups is 1. The zero-order chi connectivity index (χ0) is 24.5. The van der Waals surface area contributed by atoms with Gasteiger partial charge >= 0.3 is 0 Å². The van der Waals surface area contributed by atoms with E-state index in [1.165, 1.54) is 5.01 Å². The Balaban J connectivity index is 1.75. The largest absolute Gasteiger partial charge is 0.494 e. The van der Waals surface area contributed by atoms with Crippen LogP contribution in [0.25, 0.3) is 0 Å². The first kappa shape index (κ1) is 23.5. The maximum atomic E-state index is 13.7. The van der Waals surface area contributed by atoms with Crippen LogP contribution in [0, 0.1) is 13.8 Å². The number of benzene rings is 2. The molecule has 0 saturated heterocycles. The number of sulfone groups is 1. The second-order valence-corrected chi connectivity index (χ2v) is 10.2. The second kappa shape index (κ2) is 9.30. The average molecular weight is 483 g/mol. The van der Waals surface area contributed by atoms with Gasteiger partial charge in [0.05, 0.1) is 27.7 Å². The monoisotopic (exact) mass is 482 g/mol. The van der Waals surface area contributed by atoms with Crippen LogP contribution in [0.5, 0.6) is 5.75 Å². The summed E-state index contributed by atoms with van der Waals surface area (Å²) in [5.74, 6) is -0.239. The molecule has 9 nitrogen and oxygen atoms in total. The Morgan fingerprint density at radius 3 is 2.74 bits per heavy atom. The van der Waals surface area contributed by atoms with Gasteiger partial charge in [-0.15, -0.1) is 0 Å². The van der Waals surface area contributed by atoms with E-state index >= 15 is 0 Å². The Hall–Kier alpha value is -3.66. The third kappa shape index (κ3) is 4.54. The Morgan fingerprint density at radius 1 is 1.21 bits per heavy atom. The summed E-state index contributed by atoms with van der Waals surface area (Å²) in [5, 5.41) is 8.61. The predicted molar refractivity (Wildman–Crippen MR) is 128 cm³/mol. The summed E-state index contributed by atoms with van der Waals surface area (Å²) in [6, 6.07) is 10.1. The van der Waals surface area contributed by atoms with E-state index in [9.17, 15) is 18.0 Å². The van der Waals surface area contributed by atoms with E-state index in [2.05, 4.69) is 10.4 Å². The molecule has 34 heavy (non-hydrogen) atoms. The predicted octanol–water partition coefficient (Wildman–Crippen LogP) is 2.92. The van der Waals surface area contributed by atoms with Gasteiger partial charge in [-0.1, -0.05) is 17.7 Å². The molecule has 0 aliphatic carbocycles. The van der Waals surface area contributed by atoms with Crippen molar-refractivity contribution in [3.63, 3.8) is 0 Å². The topological polar surface area (TPSA) is 131 Å². The van der Waals surface area contributed by atoms with Crippen LogP contribution in [0.4, 0.5) is 5.69 Å². The first-order valence-electron chi connectivity index (χ1n) is 10.9. The van der Waals surface area contributed by atoms with E-state index in [4.69, 9.17) is 10.5 Å². The molecule has 2 heterocycles. The van der Waals surface area contributed by atoms with Crippen molar-refractivity contribution in [1.82, 2.24) is 5.32 Å². The summed E-state index contributed by atoms with van der Waals surface area (Å²) >= 11 is 0. The van der Waals surface area contributed by atoms with Crippen molar-refractivity contribution in [1.29, 1.82) is 0 Å². The fourth-order valence-corrected chi connectivity index (χ4v) is 5.78. The summed E-state index contributed by atoms with van der Waals surface area (Å²) in [5.41, 5.74) is 7.51. The first-order valence-corrected chi connectivity index (χ1v) is 12.4. The lowest BCUT2D eigenvalue weighted by molar-refractivity contribution is -0.118. The normalized spacial score (nSPS) is 15.4. The molecule has 0 atom stereocenters. The van der Waals surface area contributed by atoms with Crippen LogP contribution in [0.1, 0.15) is 47.2 Å². The van der Waals surface area contributed by atoms with Crippen LogP contribution in [-0.4, -0.2) is 33.1 Å². The highest BCUT2D eigenvalue weighted by molar-refractivity contribution is 7.95. The second-order valence-electron chi connectivity index (χ2n) is 8.24. The molecule has 0 fully saturated rings. The standard InChI is InChI=1S/C24H26N4O5S/c1-15-7-10-20(16(2)13-15)34(31,32)21-5-3-11-26-28-19-14-17(33-12-4-6-22(25)29)8-9-18(19)24(30)27-23(21)28/h7-11,13-14H,3-6,12H2,1-2H3,(H2,25,29)(H,27,30). The maximum absolute atomic E-state index is 13.7. The van der Waals surface area contributed by atoms with Gasteiger partial charge < -0.3 is 15.8 Å². The van der Waals surface area contributed by atoms with Gasteiger partial charge in [0.1, 0.15) is 11.6 Å². The SMILES string of the molecule is Cc1ccc(S(=O)(=O)C2=C3NC(=O)c4ccc(OCCCC(N)=O)cc4N3N=CCC2)c(C)c1. The molecule has 2 amide bonds. The van der Waals surface area contributed by atoms with E-state index in [0.717, 1.165) is 5.56 Å². The number of fused-ring (bicyclic) bond motifs is 3. The van der Waals surface area contributed by atoms with Gasteiger partial charge in [-0.05, 0) is 56.9 Å². The summed E-state index contributed by atoms with van der Waals surface area (Å²) in [6.45, 7) is 3.93. The average Bonchev–Trinajstić information content (AvgIpc) is 2.99. The number of ether oxygens (including phenoxy) is 1. The zero-order valence-corrected chi connectivity index (χ0v) is 19.8. The van der Waals surface area contributed by atoms with Crippen molar-refractivity contribution < 1.29 is 22.7 Å². The molecule has 0 spiro atoms. The molecule has 0 unspecified atom stereocenters. The molecule has 10 heteroatoms. The fourth-order valence-electron chi connectivity index (χ4n) is 4.01. The molecule has 0 radical (unpaired) electrons. The summed E-state index contributed by atoms with van der Waals surface area (Å²) < 4.78 is 33.1. The lowest BCUT2D eigenvalue weighted by Gasteiger charge is -2.30. The number of primary amides is 1. The summed E-state index contributed by atoms with van der Waals surface area (Å²) in [4.78, 5) is 24.1. The van der Waals surface area contributed by atoms with Gasteiger partial charge in [0.25, 0.3) is 5.91 Å². The number of carbonyl (C=O) groups excluding carboxylic acids is 2. The number of amides is 2. The number of hydrogen-bond donors (Lipinski definition) is 2. The van der Waals surface area contributed by atoms with Crippen LogP contribution in [-0.2, 0) is 14.6 Å². The third-order valence-corrected chi connectivity index (χ3v) is 7.71. The molecule has 2 aliphatic heterocycles. The van der Waals surface area contributed by atoms with Crippen molar-refractivity contribution in [2.24, 2.45) is 10.8 Å². The zero-order valence-electron chi connectivity index (χ0n) is 19.0. The van der Waals surface area contributed by atoms with Gasteiger partial charge in [0.15, 0.2) is 0 Å². The first-order chi connectivity index (χ1) is 16.2. The van der Waals surface area contributed by atoms with Gasteiger partial charge in [-0.25, -0.2) is 13.4 Å². The number of nitrogens with two attached hydrogens (primary N) is 1. The molecule has 2 aliphatic rings. The van der Waals surface area contributed by atoms with Crippen molar-refractivity contribution in [3.8, 4) is 5.75 Å². The lowest BCUT2D eigenvalue weighted by Crippen LogP contribution is -2.40. The van der Waals surface area contributed by atoms with Crippen LogP contribution in [0.3, 0.4) is 0 Å². The number of anilines is 1. The van der Waals surface area contributed by atoms with E-state index in [1.54, 1.807) is 43.5 Å². The summed E-state index contributed by atoms with van der Waals surface area (Å²) in [7, 11) is -3.90. The van der Waals surface area contributed by atoms with Crippen molar-refractivity contribution in [2.75, 3.05) is 11.6 Å². The highest BCUT2D eigenvalue weighted by Gasteiger charge is 2.35. The minimum absolute atomic E-state index is 0.101. The molecule has 0 aromatic heterocycles. The molecular weight excluding hydrogens is 456 g/mol. The number of carbonyl (C=O) groups is 2. The van der Waals surface area contributed by atoms with E-state index in [0.29, 0.717) is 35.4 Å². The minimum Gasteiger partial charge on any atom is -0.494 e. The number of allylic oxidation sites excluding steroid dienone is 1. The van der Waals surface area contributed by atoms with E-state index < -0.39 is 21.7 Å². The van der Waals surface area contributed by atoms with Crippen molar-refractivity contribution in [2.45, 2.75) is 44.4 Å². The molecule has 4 rings (SSSR count). The minimum atomic E-state index is -3.90. The highest BCUT2D eigenvalue weighted by atomic mass is 32.2. The van der Waals surface area contributed by atoms with Gasteiger partial charge in [-0.2, -0.15) is 5.10 Å². The van der Waals surface area contributed by atoms with Crippen LogP contribution < -0.4 is 20.8 Å². The van der Waals surface area contributed by atoms with Crippen molar-refractivity contribution >= 4 is 33.6 Å². The fraction of sp³-hybridized carbons (Fsp3) is 0.292. The molecule has 0 bridgehead atoms. The molecule has 2 aromatic rings. The molecule has 0 saturated carbocycles. The van der Waals surface area contributed by atoms with Crippen molar-refractivity contribution in [3.05, 3.63) is 63.8 Å². The van der Waals surface area contributed by atoms with E-state index in [-0.39, 0.29) is 35.1 Å². The highest BCUT2D eigenvalue weighted by Crippen LogP contribution is 2.37. The van der Waals surface area contributed by atoms with Gasteiger partial charge in [-0.3, -0.25) is 9.59 Å². The molecule has 3 N–H and O–H groups in total. The molecular formula is C24H26N4O5S. The van der Waals surface area contributed by atoms with Gasteiger partial charge in [0.2, 0.25) is 15.7 Å². The Kier molecular flexibility index (Phi) is 6.43. The Bertz CT molecular complexity index is 1330. The summed E-state index contributed by atoms with van der Waals surface area (Å²) in [6.07, 6.45) is 2.89. The smallest absolute Gasteiger partial charge is 0.259 e.